The van der Waals surface area contributed by atoms with Crippen LogP contribution in [0.2, 0.25) is 0 Å². The summed E-state index contributed by atoms with van der Waals surface area (Å²) in [6.45, 7) is 4.40. The number of rotatable bonds is 5. The Kier molecular flexibility index (Phi) is 4.90. The second-order valence-corrected chi connectivity index (χ2v) is 4.21. The third-order valence-corrected chi connectivity index (χ3v) is 2.35. The van der Waals surface area contributed by atoms with Gasteiger partial charge < -0.3 is 15.6 Å². The van der Waals surface area contributed by atoms with E-state index in [1.807, 2.05) is 13.8 Å². The number of aryl methyl sites for hydroxylation is 1. The molecule has 1 aromatic heterocycles. The maximum absolute atomic E-state index is 11.8. The summed E-state index contributed by atoms with van der Waals surface area (Å²) in [7, 11) is 0. The van der Waals surface area contributed by atoms with Crippen LogP contribution in [-0.2, 0) is 17.9 Å². The first kappa shape index (κ1) is 13.4. The number of amides is 1. The summed E-state index contributed by atoms with van der Waals surface area (Å²) in [6, 6.07) is 3.59. The van der Waals surface area contributed by atoms with E-state index < -0.39 is 0 Å². The number of nitrogens with zero attached hydrogens (tertiary/aromatic N) is 1. The number of hydrogen-bond acceptors (Lipinski definition) is 3. The van der Waals surface area contributed by atoms with E-state index in [1.165, 1.54) is 4.57 Å². The predicted molar refractivity (Wildman–Crippen MR) is 66.5 cm³/mol. The summed E-state index contributed by atoms with van der Waals surface area (Å²) in [5.74, 6) is -0.0509. The fourth-order valence-electron chi connectivity index (χ4n) is 1.53. The third-order valence-electron chi connectivity index (χ3n) is 2.35. The molecule has 0 aliphatic carbocycles. The van der Waals surface area contributed by atoms with E-state index in [9.17, 15) is 9.59 Å². The molecule has 0 saturated heterocycles. The SMILES string of the molecule is CC(C)NC(=O)CCn1cccc(CN)c1=O. The summed E-state index contributed by atoms with van der Waals surface area (Å²) in [6.07, 6.45) is 1.97. The molecule has 0 saturated carbocycles. The molecule has 0 fully saturated rings. The van der Waals surface area contributed by atoms with E-state index in [1.54, 1.807) is 18.3 Å². The molecule has 5 heteroatoms. The molecule has 17 heavy (non-hydrogen) atoms. The number of aromatic nitrogens is 1. The Bertz CT molecular complexity index is 438. The van der Waals surface area contributed by atoms with E-state index in [4.69, 9.17) is 5.73 Å². The van der Waals surface area contributed by atoms with Gasteiger partial charge in [0.05, 0.1) is 0 Å². The highest BCUT2D eigenvalue weighted by Crippen LogP contribution is 1.93. The molecule has 94 valence electrons. The summed E-state index contributed by atoms with van der Waals surface area (Å²) in [5.41, 5.74) is 5.90. The van der Waals surface area contributed by atoms with Crippen LogP contribution < -0.4 is 16.6 Å². The average Bonchev–Trinajstić information content (AvgIpc) is 2.27. The van der Waals surface area contributed by atoms with E-state index in [-0.39, 0.29) is 24.1 Å². The summed E-state index contributed by atoms with van der Waals surface area (Å²) >= 11 is 0. The topological polar surface area (TPSA) is 77.1 Å². The highest BCUT2D eigenvalue weighted by molar-refractivity contribution is 5.76. The van der Waals surface area contributed by atoms with Gasteiger partial charge in [-0.2, -0.15) is 0 Å². The lowest BCUT2D eigenvalue weighted by Crippen LogP contribution is -2.32. The van der Waals surface area contributed by atoms with E-state index in [0.717, 1.165) is 0 Å². The first-order valence-electron chi connectivity index (χ1n) is 5.72. The van der Waals surface area contributed by atoms with E-state index >= 15 is 0 Å². The summed E-state index contributed by atoms with van der Waals surface area (Å²) in [5, 5.41) is 2.78. The highest BCUT2D eigenvalue weighted by Gasteiger charge is 2.05. The van der Waals surface area contributed by atoms with Gasteiger partial charge in [0.1, 0.15) is 0 Å². The van der Waals surface area contributed by atoms with Crippen molar-refractivity contribution in [2.45, 2.75) is 39.4 Å². The Hall–Kier alpha value is -1.62. The van der Waals surface area contributed by atoms with Crippen molar-refractivity contribution in [1.82, 2.24) is 9.88 Å². The molecule has 1 aromatic rings. The zero-order valence-corrected chi connectivity index (χ0v) is 10.3. The number of carbonyl (C=O) groups excluding carboxylic acids is 1. The van der Waals surface area contributed by atoms with E-state index in [0.29, 0.717) is 18.5 Å². The zero-order valence-electron chi connectivity index (χ0n) is 10.3. The van der Waals surface area contributed by atoms with Gasteiger partial charge in [-0.1, -0.05) is 6.07 Å². The number of carbonyl (C=O) groups is 1. The number of pyridine rings is 1. The first-order valence-corrected chi connectivity index (χ1v) is 5.72. The van der Waals surface area contributed by atoms with Gasteiger partial charge in [-0.05, 0) is 19.9 Å². The standard InChI is InChI=1S/C12H19N3O2/c1-9(2)14-11(16)5-7-15-6-3-4-10(8-13)12(15)17/h3-4,6,9H,5,7-8,13H2,1-2H3,(H,14,16). The lowest BCUT2D eigenvalue weighted by Gasteiger charge is -2.10. The minimum absolute atomic E-state index is 0.0509. The van der Waals surface area contributed by atoms with Crippen LogP contribution in [0, 0.1) is 0 Å². The fraction of sp³-hybridized carbons (Fsp3) is 0.500. The normalized spacial score (nSPS) is 10.6. The molecule has 1 heterocycles. The molecule has 0 atom stereocenters. The third kappa shape index (κ3) is 4.03. The number of nitrogens with one attached hydrogen (secondary N) is 1. The van der Waals surface area contributed by atoms with Gasteiger partial charge >= 0.3 is 0 Å². The molecular weight excluding hydrogens is 218 g/mol. The lowest BCUT2D eigenvalue weighted by molar-refractivity contribution is -0.121. The zero-order chi connectivity index (χ0) is 12.8. The molecule has 3 N–H and O–H groups in total. The molecule has 0 unspecified atom stereocenters. The minimum Gasteiger partial charge on any atom is -0.354 e. The Morgan fingerprint density at radius 1 is 1.53 bits per heavy atom. The van der Waals surface area contributed by atoms with Crippen LogP contribution in [0.15, 0.2) is 23.1 Å². The molecule has 0 aromatic carbocycles. The lowest BCUT2D eigenvalue weighted by atomic mass is 10.2. The Labute approximate surface area is 101 Å². The highest BCUT2D eigenvalue weighted by atomic mass is 16.2. The smallest absolute Gasteiger partial charge is 0.255 e. The van der Waals surface area contributed by atoms with Crippen molar-refractivity contribution in [3.8, 4) is 0 Å². The fourth-order valence-corrected chi connectivity index (χ4v) is 1.53. The first-order chi connectivity index (χ1) is 8.04. The van der Waals surface area contributed by atoms with Crippen molar-refractivity contribution in [2.75, 3.05) is 0 Å². The predicted octanol–water partition coefficient (Wildman–Crippen LogP) is 0.222. The quantitative estimate of drug-likeness (QED) is 0.769. The minimum atomic E-state index is -0.118. The maximum Gasteiger partial charge on any atom is 0.255 e. The van der Waals surface area contributed by atoms with Crippen molar-refractivity contribution in [3.63, 3.8) is 0 Å². The van der Waals surface area contributed by atoms with Gasteiger partial charge in [-0.25, -0.2) is 0 Å². The molecule has 5 nitrogen and oxygen atoms in total. The molecular formula is C12H19N3O2. The molecule has 0 radical (unpaired) electrons. The van der Waals surface area contributed by atoms with Crippen molar-refractivity contribution in [1.29, 1.82) is 0 Å². The Morgan fingerprint density at radius 2 is 2.24 bits per heavy atom. The molecule has 0 bridgehead atoms. The van der Waals surface area contributed by atoms with Gasteiger partial charge in [0.2, 0.25) is 5.91 Å². The monoisotopic (exact) mass is 237 g/mol. The van der Waals surface area contributed by atoms with Crippen LogP contribution in [0.5, 0.6) is 0 Å². The van der Waals surface area contributed by atoms with Crippen molar-refractivity contribution >= 4 is 5.91 Å². The van der Waals surface area contributed by atoms with Gasteiger partial charge in [0.15, 0.2) is 0 Å². The van der Waals surface area contributed by atoms with Crippen molar-refractivity contribution in [3.05, 3.63) is 34.2 Å². The summed E-state index contributed by atoms with van der Waals surface area (Å²) in [4.78, 5) is 23.2. The largest absolute Gasteiger partial charge is 0.354 e. The molecule has 0 aliphatic rings. The van der Waals surface area contributed by atoms with Crippen molar-refractivity contribution in [2.24, 2.45) is 5.73 Å². The molecule has 1 rings (SSSR count). The second kappa shape index (κ2) is 6.20. The Balaban J connectivity index is 2.64. The van der Waals surface area contributed by atoms with Crippen LogP contribution in [0.3, 0.4) is 0 Å². The van der Waals surface area contributed by atoms with Gasteiger partial charge in [-0.3, -0.25) is 9.59 Å². The van der Waals surface area contributed by atoms with Crippen LogP contribution in [0.4, 0.5) is 0 Å². The Morgan fingerprint density at radius 3 is 2.82 bits per heavy atom. The van der Waals surface area contributed by atoms with Crippen LogP contribution >= 0.6 is 0 Å². The van der Waals surface area contributed by atoms with Crippen LogP contribution in [0.25, 0.3) is 0 Å². The molecule has 0 aliphatic heterocycles. The number of nitrogens with two attached hydrogens (primary N) is 1. The molecule has 1 amide bonds. The van der Waals surface area contributed by atoms with Crippen LogP contribution in [0.1, 0.15) is 25.8 Å². The molecule has 0 spiro atoms. The van der Waals surface area contributed by atoms with E-state index in [2.05, 4.69) is 5.32 Å². The maximum atomic E-state index is 11.8. The van der Waals surface area contributed by atoms with Crippen molar-refractivity contribution < 1.29 is 4.79 Å². The summed E-state index contributed by atoms with van der Waals surface area (Å²) < 4.78 is 1.52. The van der Waals surface area contributed by atoms with Gasteiger partial charge in [0.25, 0.3) is 5.56 Å². The van der Waals surface area contributed by atoms with Gasteiger partial charge in [-0.15, -0.1) is 0 Å². The van der Waals surface area contributed by atoms with Crippen LogP contribution in [-0.4, -0.2) is 16.5 Å². The average molecular weight is 237 g/mol. The second-order valence-electron chi connectivity index (χ2n) is 4.21. The number of hydrogen-bond donors (Lipinski definition) is 2. The van der Waals surface area contributed by atoms with Gasteiger partial charge in [0, 0.05) is 37.3 Å².